The average Bonchev–Trinajstić information content (AvgIpc) is 3.11. The lowest BCUT2D eigenvalue weighted by Crippen LogP contribution is -2.08. The first-order valence-electron chi connectivity index (χ1n) is 7.63. The predicted molar refractivity (Wildman–Crippen MR) is 94.0 cm³/mol. The molecule has 3 aromatic rings. The van der Waals surface area contributed by atoms with Crippen molar-refractivity contribution in [3.63, 3.8) is 0 Å². The van der Waals surface area contributed by atoms with Crippen LogP contribution in [0.2, 0.25) is 0 Å². The lowest BCUT2D eigenvalue weighted by atomic mass is 10.1. The Morgan fingerprint density at radius 1 is 1.20 bits per heavy atom. The summed E-state index contributed by atoms with van der Waals surface area (Å²) in [6.07, 6.45) is 0.104. The van der Waals surface area contributed by atoms with Crippen LogP contribution in [0.1, 0.15) is 11.3 Å². The zero-order valence-corrected chi connectivity index (χ0v) is 14.4. The Balaban J connectivity index is 1.57. The highest BCUT2D eigenvalue weighted by molar-refractivity contribution is 7.13. The van der Waals surface area contributed by atoms with Gasteiger partial charge in [-0.05, 0) is 29.8 Å². The molecule has 25 heavy (non-hydrogen) atoms. The molecule has 0 unspecified atom stereocenters. The van der Waals surface area contributed by atoms with Gasteiger partial charge in [-0.1, -0.05) is 24.3 Å². The Labute approximate surface area is 148 Å². The molecule has 1 aromatic heterocycles. The van der Waals surface area contributed by atoms with Crippen LogP contribution in [-0.4, -0.2) is 18.1 Å². The molecule has 0 fully saturated rings. The van der Waals surface area contributed by atoms with Crippen molar-refractivity contribution >= 4 is 17.3 Å². The highest BCUT2D eigenvalue weighted by atomic mass is 32.1. The van der Waals surface area contributed by atoms with Gasteiger partial charge >= 0.3 is 5.97 Å². The number of benzene rings is 2. The number of rotatable bonds is 6. The monoisotopic (exact) mass is 357 g/mol. The zero-order valence-electron chi connectivity index (χ0n) is 13.6. The van der Waals surface area contributed by atoms with Crippen LogP contribution in [-0.2, 0) is 22.6 Å². The van der Waals surface area contributed by atoms with Gasteiger partial charge in [0.05, 0.1) is 19.2 Å². The standard InChI is InChI=1S/C19H16FNO3S/c1-23-17-4-2-3-14(10-17)19-21-16(12-25-19)11-24-18(22)9-13-5-7-15(20)8-6-13/h2-8,10,12H,9,11H2,1H3. The van der Waals surface area contributed by atoms with E-state index in [1.807, 2.05) is 29.6 Å². The molecule has 0 N–H and O–H groups in total. The second-order valence-corrected chi connectivity index (χ2v) is 6.20. The Kier molecular flexibility index (Phi) is 5.40. The minimum Gasteiger partial charge on any atom is -0.497 e. The van der Waals surface area contributed by atoms with Gasteiger partial charge in [0.25, 0.3) is 0 Å². The molecule has 0 saturated heterocycles. The number of ether oxygens (including phenoxy) is 2. The van der Waals surface area contributed by atoms with Crippen LogP contribution in [0, 0.1) is 5.82 Å². The molecule has 2 aromatic carbocycles. The summed E-state index contributed by atoms with van der Waals surface area (Å²) >= 11 is 1.48. The molecule has 4 nitrogen and oxygen atoms in total. The maximum absolute atomic E-state index is 12.9. The molecule has 0 bridgehead atoms. The van der Waals surface area contributed by atoms with E-state index in [0.29, 0.717) is 11.3 Å². The third kappa shape index (κ3) is 4.64. The fourth-order valence-corrected chi connectivity index (χ4v) is 3.04. The molecule has 0 aliphatic rings. The molecule has 6 heteroatoms. The quantitative estimate of drug-likeness (QED) is 0.619. The van der Waals surface area contributed by atoms with Crippen LogP contribution in [0.25, 0.3) is 10.6 Å². The van der Waals surface area contributed by atoms with Crippen molar-refractivity contribution < 1.29 is 18.7 Å². The van der Waals surface area contributed by atoms with Crippen molar-refractivity contribution in [3.8, 4) is 16.3 Å². The molecule has 128 valence electrons. The summed E-state index contributed by atoms with van der Waals surface area (Å²) in [7, 11) is 1.62. The van der Waals surface area contributed by atoms with Gasteiger partial charge in [-0.15, -0.1) is 11.3 Å². The molecule has 1 heterocycles. The maximum atomic E-state index is 12.9. The number of carbonyl (C=O) groups excluding carboxylic acids is 1. The van der Waals surface area contributed by atoms with E-state index in [-0.39, 0.29) is 24.8 Å². The number of halogens is 1. The van der Waals surface area contributed by atoms with E-state index in [1.54, 1.807) is 19.2 Å². The van der Waals surface area contributed by atoms with Crippen molar-refractivity contribution in [2.24, 2.45) is 0 Å². The fourth-order valence-electron chi connectivity index (χ4n) is 2.24. The van der Waals surface area contributed by atoms with E-state index in [9.17, 15) is 9.18 Å². The number of methoxy groups -OCH3 is 1. The van der Waals surface area contributed by atoms with Crippen LogP contribution < -0.4 is 4.74 Å². The highest BCUT2D eigenvalue weighted by Crippen LogP contribution is 2.27. The van der Waals surface area contributed by atoms with Gasteiger partial charge in [0.1, 0.15) is 23.2 Å². The van der Waals surface area contributed by atoms with E-state index in [4.69, 9.17) is 9.47 Å². The Hall–Kier alpha value is -2.73. The molecule has 0 spiro atoms. The second kappa shape index (κ2) is 7.90. The summed E-state index contributed by atoms with van der Waals surface area (Å²) in [6, 6.07) is 13.4. The Morgan fingerprint density at radius 3 is 2.76 bits per heavy atom. The molecule has 0 atom stereocenters. The van der Waals surface area contributed by atoms with Crippen molar-refractivity contribution in [1.29, 1.82) is 0 Å². The number of aromatic nitrogens is 1. The van der Waals surface area contributed by atoms with Gasteiger partial charge in [-0.2, -0.15) is 0 Å². The lowest BCUT2D eigenvalue weighted by molar-refractivity contribution is -0.144. The maximum Gasteiger partial charge on any atom is 0.310 e. The highest BCUT2D eigenvalue weighted by Gasteiger charge is 2.09. The molecule has 0 saturated carbocycles. The van der Waals surface area contributed by atoms with Crippen molar-refractivity contribution in [2.45, 2.75) is 13.0 Å². The topological polar surface area (TPSA) is 48.4 Å². The largest absolute Gasteiger partial charge is 0.497 e. The number of esters is 1. The van der Waals surface area contributed by atoms with Crippen LogP contribution >= 0.6 is 11.3 Å². The third-order valence-corrected chi connectivity index (χ3v) is 4.45. The van der Waals surface area contributed by atoms with Crippen LogP contribution in [0.5, 0.6) is 5.75 Å². The third-order valence-electron chi connectivity index (χ3n) is 3.51. The number of hydrogen-bond donors (Lipinski definition) is 0. The van der Waals surface area contributed by atoms with Gasteiger partial charge in [-0.25, -0.2) is 9.37 Å². The molecule has 0 aliphatic heterocycles. The SMILES string of the molecule is COc1cccc(-c2nc(COC(=O)Cc3ccc(F)cc3)cs2)c1. The van der Waals surface area contributed by atoms with E-state index >= 15 is 0 Å². The van der Waals surface area contributed by atoms with Crippen molar-refractivity contribution in [1.82, 2.24) is 4.98 Å². The summed E-state index contributed by atoms with van der Waals surface area (Å²) in [4.78, 5) is 16.4. The van der Waals surface area contributed by atoms with Crippen LogP contribution in [0.15, 0.2) is 53.9 Å². The average molecular weight is 357 g/mol. The van der Waals surface area contributed by atoms with Crippen LogP contribution in [0.4, 0.5) is 4.39 Å². The Morgan fingerprint density at radius 2 is 2.00 bits per heavy atom. The number of thiazole rings is 1. The summed E-state index contributed by atoms with van der Waals surface area (Å²) in [5.74, 6) is 0.0622. The van der Waals surface area contributed by atoms with E-state index in [0.717, 1.165) is 16.3 Å². The smallest absolute Gasteiger partial charge is 0.310 e. The molecular weight excluding hydrogens is 341 g/mol. The molecule has 0 aliphatic carbocycles. The first kappa shape index (κ1) is 17.1. The summed E-state index contributed by atoms with van der Waals surface area (Å²) in [5, 5.41) is 2.70. The lowest BCUT2D eigenvalue weighted by Gasteiger charge is -2.03. The Bertz CT molecular complexity index is 861. The first-order valence-corrected chi connectivity index (χ1v) is 8.51. The summed E-state index contributed by atoms with van der Waals surface area (Å²) in [6.45, 7) is 0.112. The van der Waals surface area contributed by atoms with Crippen molar-refractivity contribution in [2.75, 3.05) is 7.11 Å². The summed E-state index contributed by atoms with van der Waals surface area (Å²) < 4.78 is 23.3. The number of nitrogens with zero attached hydrogens (tertiary/aromatic N) is 1. The van der Waals surface area contributed by atoms with Gasteiger partial charge in [0, 0.05) is 10.9 Å². The predicted octanol–water partition coefficient (Wildman–Crippen LogP) is 4.24. The normalized spacial score (nSPS) is 10.5. The minimum absolute atomic E-state index is 0.104. The molecule has 3 rings (SSSR count). The number of carbonyl (C=O) groups is 1. The summed E-state index contributed by atoms with van der Waals surface area (Å²) in [5.41, 5.74) is 2.35. The zero-order chi connectivity index (χ0) is 17.6. The molecular formula is C19H16FNO3S. The van der Waals surface area contributed by atoms with Crippen molar-refractivity contribution in [3.05, 3.63) is 71.0 Å². The van der Waals surface area contributed by atoms with Gasteiger partial charge in [0.2, 0.25) is 0 Å². The van der Waals surface area contributed by atoms with Gasteiger partial charge in [0.15, 0.2) is 0 Å². The molecule has 0 radical (unpaired) electrons. The van der Waals surface area contributed by atoms with E-state index in [2.05, 4.69) is 4.98 Å². The molecule has 0 amide bonds. The van der Waals surface area contributed by atoms with Crippen LogP contribution in [0.3, 0.4) is 0 Å². The first-order chi connectivity index (χ1) is 12.1. The fraction of sp³-hybridized carbons (Fsp3) is 0.158. The van der Waals surface area contributed by atoms with Gasteiger partial charge in [-0.3, -0.25) is 4.79 Å². The van der Waals surface area contributed by atoms with E-state index in [1.165, 1.54) is 23.5 Å². The minimum atomic E-state index is -0.373. The van der Waals surface area contributed by atoms with Gasteiger partial charge < -0.3 is 9.47 Å². The number of hydrogen-bond acceptors (Lipinski definition) is 5. The van der Waals surface area contributed by atoms with E-state index < -0.39 is 0 Å². The second-order valence-electron chi connectivity index (χ2n) is 5.34.